The second-order valence-electron chi connectivity index (χ2n) is 1.92. The van der Waals surface area contributed by atoms with Gasteiger partial charge in [-0.3, -0.25) is 0 Å². The van der Waals surface area contributed by atoms with Crippen LogP contribution in [0.3, 0.4) is 0 Å². The molecule has 2 rings (SSSR count). The summed E-state index contributed by atoms with van der Waals surface area (Å²) in [6, 6.07) is 0. The average molecular weight is 214 g/mol. The van der Waals surface area contributed by atoms with Gasteiger partial charge in [-0.1, -0.05) is 48.6 Å². The summed E-state index contributed by atoms with van der Waals surface area (Å²) in [5, 5.41) is 0. The van der Waals surface area contributed by atoms with Gasteiger partial charge in [-0.15, -0.1) is 0 Å². The Morgan fingerprint density at radius 2 is 0.667 bits per heavy atom. The zero-order chi connectivity index (χ0) is 7.07. The molecule has 0 atom stereocenters. The van der Waals surface area contributed by atoms with E-state index >= 15 is 0 Å². The van der Waals surface area contributed by atoms with Gasteiger partial charge < -0.3 is 12.4 Å². The third-order valence-corrected chi connectivity index (χ3v) is 1.11. The first kappa shape index (κ1) is 14.5. The Hall–Kier alpha value is -0.0357. The molecule has 0 amide bonds. The predicted octanol–water partition coefficient (Wildman–Crippen LogP) is -0.365. The van der Waals surface area contributed by atoms with Crippen LogP contribution >= 0.6 is 0 Å². The monoisotopic (exact) mass is 213 g/mol. The second-order valence-corrected chi connectivity index (χ2v) is 1.92. The van der Waals surface area contributed by atoms with Crippen LogP contribution in [0, 0.1) is 12.8 Å². The van der Waals surface area contributed by atoms with Crippen molar-refractivity contribution in [3.8, 4) is 0 Å². The second kappa shape index (κ2) is 11.0. The van der Waals surface area contributed by atoms with Gasteiger partial charge in [0.25, 0.3) is 0 Å². The summed E-state index contributed by atoms with van der Waals surface area (Å²) in [5.74, 6) is 0. The molecule has 0 aromatic rings. The summed E-state index contributed by atoms with van der Waals surface area (Å²) in [4.78, 5) is 0. The van der Waals surface area contributed by atoms with Crippen molar-refractivity contribution >= 4 is 0 Å². The fraction of sp³-hybridized carbons (Fsp3) is 0. The van der Waals surface area contributed by atoms with Gasteiger partial charge in [-0.05, 0) is 0 Å². The molecule has 0 fully saturated rings. The van der Waals surface area contributed by atoms with Crippen molar-refractivity contribution in [3.63, 3.8) is 0 Å². The molecule has 12 heavy (non-hydrogen) atoms. The van der Waals surface area contributed by atoms with Crippen LogP contribution in [-0.2, 0) is 21.7 Å². The van der Waals surface area contributed by atoms with E-state index in [1.54, 1.807) is 0 Å². The third-order valence-electron chi connectivity index (χ3n) is 1.11. The minimum Gasteiger partial charge on any atom is -1.00 e. The summed E-state index contributed by atoms with van der Waals surface area (Å²) in [7, 11) is 0. The van der Waals surface area contributed by atoms with Crippen LogP contribution in [0.2, 0.25) is 0 Å². The van der Waals surface area contributed by atoms with E-state index in [0.29, 0.717) is 0 Å². The Labute approximate surface area is 95.4 Å². The average Bonchev–Trinajstić information content (AvgIpc) is 2.67. The summed E-state index contributed by atoms with van der Waals surface area (Å²) in [6.45, 7) is 0. The van der Waals surface area contributed by atoms with Crippen LogP contribution < -0.4 is 12.4 Å². The number of halogens is 1. The number of rotatable bonds is 0. The summed E-state index contributed by atoms with van der Waals surface area (Å²) in [5.41, 5.74) is 0. The van der Waals surface area contributed by atoms with E-state index in [1.807, 2.05) is 61.4 Å². The number of hydrogen-bond donors (Lipinski definition) is 0. The molecule has 0 aliphatic heterocycles. The van der Waals surface area contributed by atoms with Crippen LogP contribution in [-0.4, -0.2) is 0 Å². The van der Waals surface area contributed by atoms with E-state index < -0.39 is 0 Å². The van der Waals surface area contributed by atoms with E-state index in [4.69, 9.17) is 0 Å². The van der Waals surface area contributed by atoms with Gasteiger partial charge in [-0.25, -0.2) is 0 Å². The number of allylic oxidation sites excluding steroid dienone is 8. The molecule has 0 bridgehead atoms. The van der Waals surface area contributed by atoms with Gasteiger partial charge in [0.2, 0.25) is 0 Å². The first-order valence-electron chi connectivity index (χ1n) is 3.33. The predicted molar refractivity (Wildman–Crippen MR) is 45.2 cm³/mol. The topological polar surface area (TPSA) is 0 Å². The van der Waals surface area contributed by atoms with Gasteiger partial charge in [0.15, 0.2) is 0 Å². The van der Waals surface area contributed by atoms with Crippen LogP contribution in [0.15, 0.2) is 48.6 Å². The Morgan fingerprint density at radius 3 is 0.750 bits per heavy atom. The minimum atomic E-state index is 0. The number of hydrogen-bond acceptors (Lipinski definition) is 0. The molecule has 2 heteroatoms. The smallest absolute Gasteiger partial charge is 0.00506 e. The minimum absolute atomic E-state index is 0. The molecule has 0 aromatic heterocycles. The molecule has 0 spiro atoms. The molecule has 0 heterocycles. The molecule has 0 unspecified atom stereocenters. The molecule has 2 aliphatic carbocycles. The van der Waals surface area contributed by atoms with E-state index in [-0.39, 0.29) is 34.1 Å². The maximum Gasteiger partial charge on any atom is 0.00506 e. The van der Waals surface area contributed by atoms with E-state index in [9.17, 15) is 0 Å². The molecule has 0 nitrogen and oxygen atoms in total. The van der Waals surface area contributed by atoms with Crippen LogP contribution in [0.1, 0.15) is 0 Å². The fourth-order valence-electron chi connectivity index (χ4n) is 0.642. The normalized spacial score (nSPS) is 14.7. The van der Waals surface area contributed by atoms with Crippen molar-refractivity contribution in [2.75, 3.05) is 0 Å². The van der Waals surface area contributed by atoms with Gasteiger partial charge in [0, 0.05) is 34.6 Å². The molecule has 0 saturated carbocycles. The summed E-state index contributed by atoms with van der Waals surface area (Å²) < 4.78 is 0. The molecule has 0 aromatic carbocycles. The fourth-order valence-corrected chi connectivity index (χ4v) is 0.642. The Bertz CT molecular complexity index is 148. The van der Waals surface area contributed by atoms with Crippen molar-refractivity contribution in [1.82, 2.24) is 0 Å². The van der Waals surface area contributed by atoms with Crippen molar-refractivity contribution < 1.29 is 34.1 Å². The Morgan fingerprint density at radius 1 is 0.417 bits per heavy atom. The Kier molecular flexibility index (Phi) is 13.2. The van der Waals surface area contributed by atoms with Crippen molar-refractivity contribution in [2.45, 2.75) is 0 Å². The standard InChI is InChI=1S/2C5H5.ClH.Ti/c2*1-2-4-5-3-1;;/h2*1-5H;1H;/p-1. The third kappa shape index (κ3) is 8.06. The largest absolute Gasteiger partial charge is 1.00 e. The SMILES string of the molecule is [CH]1C=CC=C1.[CH]1C=CC=C1.[Cl-].[Ti]. The van der Waals surface area contributed by atoms with Crippen molar-refractivity contribution in [2.24, 2.45) is 0 Å². The van der Waals surface area contributed by atoms with Gasteiger partial charge >= 0.3 is 0 Å². The van der Waals surface area contributed by atoms with Crippen LogP contribution in [0.25, 0.3) is 0 Å². The molecular weight excluding hydrogens is 203 g/mol. The van der Waals surface area contributed by atoms with E-state index in [0.717, 1.165) is 0 Å². The van der Waals surface area contributed by atoms with Crippen LogP contribution in [0.5, 0.6) is 0 Å². The van der Waals surface area contributed by atoms with Gasteiger partial charge in [-0.2, -0.15) is 0 Å². The summed E-state index contributed by atoms with van der Waals surface area (Å²) in [6.07, 6.45) is 20.0. The molecular formula is C10H10ClTi-. The maximum absolute atomic E-state index is 2.00. The molecule has 0 N–H and O–H groups in total. The van der Waals surface area contributed by atoms with E-state index in [1.165, 1.54) is 0 Å². The quantitative estimate of drug-likeness (QED) is 0.482. The first-order chi connectivity index (χ1) is 5.00. The van der Waals surface area contributed by atoms with Crippen molar-refractivity contribution in [3.05, 3.63) is 61.4 Å². The Balaban J connectivity index is 0. The van der Waals surface area contributed by atoms with Crippen molar-refractivity contribution in [1.29, 1.82) is 0 Å². The molecule has 2 radical (unpaired) electrons. The zero-order valence-electron chi connectivity index (χ0n) is 6.65. The summed E-state index contributed by atoms with van der Waals surface area (Å²) >= 11 is 0. The first-order valence-corrected chi connectivity index (χ1v) is 3.33. The zero-order valence-corrected chi connectivity index (χ0v) is 8.97. The van der Waals surface area contributed by atoms with Crippen LogP contribution in [0.4, 0.5) is 0 Å². The van der Waals surface area contributed by atoms with E-state index in [2.05, 4.69) is 0 Å². The maximum atomic E-state index is 2.00. The molecule has 62 valence electrons. The van der Waals surface area contributed by atoms with Gasteiger partial charge in [0.05, 0.1) is 0 Å². The molecule has 0 saturated heterocycles. The van der Waals surface area contributed by atoms with Gasteiger partial charge in [0.1, 0.15) is 0 Å². The molecule has 2 aliphatic rings.